The van der Waals surface area contributed by atoms with Gasteiger partial charge in [-0.1, -0.05) is 133 Å². The van der Waals surface area contributed by atoms with Crippen LogP contribution in [0.5, 0.6) is 0 Å². The van der Waals surface area contributed by atoms with Crippen LogP contribution in [0.4, 0.5) is 0 Å². The van der Waals surface area contributed by atoms with Crippen molar-refractivity contribution in [2.75, 3.05) is 0 Å². The molecule has 0 saturated carbocycles. The van der Waals surface area contributed by atoms with Crippen LogP contribution in [0.25, 0.3) is 0 Å². The second-order valence-electron chi connectivity index (χ2n) is 4.67. The third-order valence-electron chi connectivity index (χ3n) is 3.40. The number of benzene rings is 3. The molecule has 3 rings (SSSR count). The van der Waals surface area contributed by atoms with Gasteiger partial charge in [0, 0.05) is 5.92 Å². The van der Waals surface area contributed by atoms with Gasteiger partial charge < -0.3 is 0 Å². The van der Waals surface area contributed by atoms with Crippen molar-refractivity contribution in [3.63, 3.8) is 0 Å². The zero-order valence-electron chi connectivity index (χ0n) is 16.7. The first-order valence-electron chi connectivity index (χ1n) is 9.60. The molecule has 3 aromatic rings. The Bertz CT molecular complexity index is 518. The first-order valence-corrected chi connectivity index (χ1v) is 9.60. The van der Waals surface area contributed by atoms with Crippen molar-refractivity contribution in [3.05, 3.63) is 108 Å². The van der Waals surface area contributed by atoms with Gasteiger partial charge in [-0.25, -0.2) is 0 Å². The topological polar surface area (TPSA) is 0 Å². The predicted octanol–water partition coefficient (Wildman–Crippen LogP) is 7.95. The van der Waals surface area contributed by atoms with Crippen LogP contribution in [0.15, 0.2) is 91.0 Å². The highest BCUT2D eigenvalue weighted by Crippen LogP contribution is 2.31. The summed E-state index contributed by atoms with van der Waals surface area (Å²) in [5.41, 5.74) is 4.00. The normalized spacial score (nSPS) is 8.76. The highest BCUT2D eigenvalue weighted by molar-refractivity contribution is 5.42. The third kappa shape index (κ3) is 7.39. The number of hydrogen-bond acceptors (Lipinski definition) is 0. The molecule has 0 unspecified atom stereocenters. The molecule has 0 heteroatoms. The Morgan fingerprint density at radius 1 is 0.360 bits per heavy atom. The van der Waals surface area contributed by atoms with Gasteiger partial charge in [0.2, 0.25) is 0 Å². The average Bonchev–Trinajstić information content (AvgIpc) is 2.75. The standard InChI is InChI=1S/C19H16.3C2H6/c1-4-10-16(11-5-1)19(17-12-6-2-7-13-17)18-14-8-3-9-15-18;3*1-2/h1-15,19H;3*1-2H3. The molecule has 0 aliphatic rings. The highest BCUT2D eigenvalue weighted by atomic mass is 14.2. The summed E-state index contributed by atoms with van der Waals surface area (Å²) >= 11 is 0. The lowest BCUT2D eigenvalue weighted by Crippen LogP contribution is -2.02. The van der Waals surface area contributed by atoms with E-state index in [9.17, 15) is 0 Å². The third-order valence-corrected chi connectivity index (χ3v) is 3.40. The first kappa shape index (κ1) is 22.7. The fourth-order valence-corrected chi connectivity index (χ4v) is 2.51. The van der Waals surface area contributed by atoms with Crippen molar-refractivity contribution in [2.24, 2.45) is 0 Å². The molecule has 0 atom stereocenters. The molecule has 0 aliphatic carbocycles. The summed E-state index contributed by atoms with van der Waals surface area (Å²) in [6.07, 6.45) is 0. The van der Waals surface area contributed by atoms with Crippen molar-refractivity contribution in [1.29, 1.82) is 0 Å². The Labute approximate surface area is 155 Å². The maximum atomic E-state index is 2.20. The number of hydrogen-bond donors (Lipinski definition) is 0. The quantitative estimate of drug-likeness (QED) is 0.426. The first-order chi connectivity index (χ1) is 12.4. The largest absolute Gasteiger partial charge is 0.0683 e. The second kappa shape index (κ2) is 15.2. The van der Waals surface area contributed by atoms with E-state index in [0.29, 0.717) is 5.92 Å². The highest BCUT2D eigenvalue weighted by Gasteiger charge is 2.15. The van der Waals surface area contributed by atoms with Gasteiger partial charge in [-0.2, -0.15) is 0 Å². The van der Waals surface area contributed by atoms with Crippen LogP contribution in [-0.2, 0) is 0 Å². The lowest BCUT2D eigenvalue weighted by atomic mass is 9.85. The number of rotatable bonds is 3. The van der Waals surface area contributed by atoms with Crippen LogP contribution < -0.4 is 0 Å². The summed E-state index contributed by atoms with van der Waals surface area (Å²) in [5.74, 6) is 0.309. The monoisotopic (exact) mass is 334 g/mol. The Morgan fingerprint density at radius 3 is 0.760 bits per heavy atom. The summed E-state index contributed by atoms with van der Waals surface area (Å²) in [6, 6.07) is 32.0. The average molecular weight is 335 g/mol. The second-order valence-corrected chi connectivity index (χ2v) is 4.67. The molecule has 134 valence electrons. The van der Waals surface area contributed by atoms with Crippen molar-refractivity contribution >= 4 is 0 Å². The van der Waals surface area contributed by atoms with Crippen molar-refractivity contribution < 1.29 is 0 Å². The van der Waals surface area contributed by atoms with Crippen molar-refractivity contribution in [3.8, 4) is 0 Å². The summed E-state index contributed by atoms with van der Waals surface area (Å²) in [4.78, 5) is 0. The maximum Gasteiger partial charge on any atom is 0.0339 e. The van der Waals surface area contributed by atoms with E-state index in [1.165, 1.54) is 16.7 Å². The van der Waals surface area contributed by atoms with Gasteiger partial charge in [0.15, 0.2) is 0 Å². The molecule has 0 aromatic heterocycles. The SMILES string of the molecule is CC.CC.CC.c1ccc(C(c2ccccc2)c2ccccc2)cc1. The van der Waals surface area contributed by atoms with E-state index in [-0.39, 0.29) is 0 Å². The van der Waals surface area contributed by atoms with Crippen LogP contribution in [0.2, 0.25) is 0 Å². The van der Waals surface area contributed by atoms with Gasteiger partial charge in [-0.15, -0.1) is 0 Å². The molecule has 0 saturated heterocycles. The maximum absolute atomic E-state index is 2.20. The van der Waals surface area contributed by atoms with E-state index in [2.05, 4.69) is 91.0 Å². The van der Waals surface area contributed by atoms with E-state index in [1.807, 2.05) is 41.5 Å². The molecule has 0 fully saturated rings. The molecule has 3 aromatic carbocycles. The van der Waals surface area contributed by atoms with E-state index >= 15 is 0 Å². The molecular formula is C25H34. The summed E-state index contributed by atoms with van der Waals surface area (Å²) in [6.45, 7) is 12.0. The van der Waals surface area contributed by atoms with Crippen LogP contribution >= 0.6 is 0 Å². The molecule has 0 N–H and O–H groups in total. The summed E-state index contributed by atoms with van der Waals surface area (Å²) < 4.78 is 0. The van der Waals surface area contributed by atoms with E-state index in [1.54, 1.807) is 0 Å². The van der Waals surface area contributed by atoms with Crippen molar-refractivity contribution in [1.82, 2.24) is 0 Å². The van der Waals surface area contributed by atoms with Crippen LogP contribution in [0.1, 0.15) is 64.2 Å². The van der Waals surface area contributed by atoms with E-state index < -0.39 is 0 Å². The van der Waals surface area contributed by atoms with Gasteiger partial charge >= 0.3 is 0 Å². The van der Waals surface area contributed by atoms with Crippen LogP contribution in [0.3, 0.4) is 0 Å². The molecule has 0 radical (unpaired) electrons. The zero-order valence-corrected chi connectivity index (χ0v) is 16.7. The minimum atomic E-state index is 0.309. The molecule has 0 nitrogen and oxygen atoms in total. The van der Waals surface area contributed by atoms with Gasteiger partial charge in [0.05, 0.1) is 0 Å². The Morgan fingerprint density at radius 2 is 0.560 bits per heavy atom. The molecule has 25 heavy (non-hydrogen) atoms. The lowest BCUT2D eigenvalue weighted by molar-refractivity contribution is 0.977. The van der Waals surface area contributed by atoms with Crippen LogP contribution in [0, 0.1) is 0 Å². The minimum Gasteiger partial charge on any atom is -0.0683 e. The smallest absolute Gasteiger partial charge is 0.0339 e. The van der Waals surface area contributed by atoms with Gasteiger partial charge in [-0.3, -0.25) is 0 Å². The molecule has 0 aliphatic heterocycles. The van der Waals surface area contributed by atoms with Gasteiger partial charge in [-0.05, 0) is 16.7 Å². The molecular weight excluding hydrogens is 300 g/mol. The molecule has 0 amide bonds. The zero-order chi connectivity index (χ0) is 18.9. The Kier molecular flexibility index (Phi) is 13.8. The fourth-order valence-electron chi connectivity index (χ4n) is 2.51. The van der Waals surface area contributed by atoms with E-state index in [4.69, 9.17) is 0 Å². The van der Waals surface area contributed by atoms with E-state index in [0.717, 1.165) is 0 Å². The lowest BCUT2D eigenvalue weighted by Gasteiger charge is -2.18. The summed E-state index contributed by atoms with van der Waals surface area (Å²) in [7, 11) is 0. The molecule has 0 heterocycles. The minimum absolute atomic E-state index is 0.309. The predicted molar refractivity (Wildman–Crippen MR) is 114 cm³/mol. The summed E-state index contributed by atoms with van der Waals surface area (Å²) in [5, 5.41) is 0. The van der Waals surface area contributed by atoms with Crippen LogP contribution in [-0.4, -0.2) is 0 Å². The molecule has 0 spiro atoms. The molecule has 0 bridgehead atoms. The Hall–Kier alpha value is -2.34. The van der Waals surface area contributed by atoms with Gasteiger partial charge in [0.1, 0.15) is 0 Å². The van der Waals surface area contributed by atoms with Crippen molar-refractivity contribution in [2.45, 2.75) is 47.5 Å². The Balaban J connectivity index is 0.000000871. The van der Waals surface area contributed by atoms with Gasteiger partial charge in [0.25, 0.3) is 0 Å². The fraction of sp³-hybridized carbons (Fsp3) is 0.280.